The number of fused-ring (bicyclic) bond motifs is 2. The molecule has 2 saturated heterocycles. The number of hydrogen-bond acceptors (Lipinski definition) is 8. The molecule has 2 aromatic heterocycles. The molecular weight excluding hydrogens is 576 g/mol. The molecule has 0 saturated carbocycles. The highest BCUT2D eigenvalue weighted by atomic mass is 35.5. The normalized spacial score (nSPS) is 21.1. The monoisotopic (exact) mass is 606 g/mol. The van der Waals surface area contributed by atoms with Gasteiger partial charge in [0, 0.05) is 91.7 Å². The Hall–Kier alpha value is -2.55. The van der Waals surface area contributed by atoms with E-state index in [2.05, 4.69) is 9.88 Å². The van der Waals surface area contributed by atoms with Crippen LogP contribution in [0.5, 0.6) is 0 Å². The van der Waals surface area contributed by atoms with Crippen molar-refractivity contribution in [2.75, 3.05) is 59.5 Å². The van der Waals surface area contributed by atoms with Crippen molar-refractivity contribution >= 4 is 55.7 Å². The van der Waals surface area contributed by atoms with Crippen LogP contribution in [0.2, 0.25) is 5.02 Å². The minimum absolute atomic E-state index is 0.00720. The maximum atomic E-state index is 13.8. The zero-order valence-electron chi connectivity index (χ0n) is 22.2. The SMILES string of the molecule is CN1CCc2nc(C(=O)N3CCN(S(=O)(=O)n4cc5ccc(Cl)cc5c4)CC3CC(=O)N3CCOCC3)sc2C1. The van der Waals surface area contributed by atoms with Gasteiger partial charge in [0.25, 0.3) is 5.91 Å². The van der Waals surface area contributed by atoms with Gasteiger partial charge in [-0.1, -0.05) is 17.7 Å². The first kappa shape index (κ1) is 27.6. The lowest BCUT2D eigenvalue weighted by Crippen LogP contribution is -2.58. The second-order valence-corrected chi connectivity index (χ2v) is 13.8. The van der Waals surface area contributed by atoms with E-state index in [0.29, 0.717) is 41.7 Å². The minimum atomic E-state index is -3.95. The fraction of sp³-hybridized carbons (Fsp3) is 0.500. The van der Waals surface area contributed by atoms with Crippen LogP contribution in [-0.2, 0) is 32.7 Å². The van der Waals surface area contributed by atoms with E-state index >= 15 is 0 Å². The van der Waals surface area contributed by atoms with E-state index in [0.717, 1.165) is 35.5 Å². The Labute approximate surface area is 242 Å². The third kappa shape index (κ3) is 5.38. The zero-order chi connectivity index (χ0) is 28.0. The molecule has 214 valence electrons. The van der Waals surface area contributed by atoms with E-state index in [1.165, 1.54) is 19.6 Å². The van der Waals surface area contributed by atoms with Gasteiger partial charge in [0.1, 0.15) is 0 Å². The minimum Gasteiger partial charge on any atom is -0.378 e. The molecule has 2 amide bonds. The smallest absolute Gasteiger partial charge is 0.307 e. The van der Waals surface area contributed by atoms with Gasteiger partial charge in [-0.25, -0.2) is 8.96 Å². The molecule has 3 aliphatic rings. The zero-order valence-corrected chi connectivity index (χ0v) is 24.6. The maximum Gasteiger partial charge on any atom is 0.307 e. The van der Waals surface area contributed by atoms with Crippen LogP contribution in [0.25, 0.3) is 10.8 Å². The van der Waals surface area contributed by atoms with Crippen LogP contribution in [0, 0.1) is 0 Å². The number of halogens is 1. The molecular formula is C26H31ClN6O5S2. The molecule has 0 N–H and O–H groups in total. The Bertz CT molecular complexity index is 1550. The van der Waals surface area contributed by atoms with Crippen molar-refractivity contribution in [3.8, 4) is 0 Å². The molecule has 3 aliphatic heterocycles. The summed E-state index contributed by atoms with van der Waals surface area (Å²) in [5.41, 5.74) is 0.952. The second-order valence-electron chi connectivity index (χ2n) is 10.5. The number of carbonyl (C=O) groups is 2. The molecule has 1 aromatic carbocycles. The van der Waals surface area contributed by atoms with E-state index < -0.39 is 16.3 Å². The van der Waals surface area contributed by atoms with Gasteiger partial charge in [0.2, 0.25) is 5.91 Å². The third-order valence-corrected chi connectivity index (χ3v) is 10.8. The number of nitrogens with zero attached hydrogens (tertiary/aromatic N) is 6. The molecule has 3 aromatic rings. The molecule has 1 unspecified atom stereocenters. The number of rotatable bonds is 5. The second kappa shape index (κ2) is 11.0. The Morgan fingerprint density at radius 3 is 2.67 bits per heavy atom. The Kier molecular flexibility index (Phi) is 7.61. The number of benzene rings is 1. The van der Waals surface area contributed by atoms with E-state index in [1.807, 2.05) is 7.05 Å². The van der Waals surface area contributed by atoms with Crippen LogP contribution in [0.4, 0.5) is 0 Å². The number of thiazole rings is 1. The average molecular weight is 607 g/mol. The summed E-state index contributed by atoms with van der Waals surface area (Å²) in [6.07, 6.45) is 3.91. The van der Waals surface area contributed by atoms with E-state index in [4.69, 9.17) is 16.3 Å². The topological polar surface area (TPSA) is 108 Å². The van der Waals surface area contributed by atoms with Crippen LogP contribution < -0.4 is 0 Å². The lowest BCUT2D eigenvalue weighted by Gasteiger charge is -2.41. The molecule has 14 heteroatoms. The van der Waals surface area contributed by atoms with Crippen LogP contribution in [0.1, 0.15) is 26.8 Å². The van der Waals surface area contributed by atoms with Crippen molar-refractivity contribution in [2.45, 2.75) is 25.4 Å². The first-order valence-corrected chi connectivity index (χ1v) is 15.9. The van der Waals surface area contributed by atoms with Crippen LogP contribution in [-0.4, -0.2) is 114 Å². The molecule has 0 aliphatic carbocycles. The lowest BCUT2D eigenvalue weighted by atomic mass is 10.1. The van der Waals surface area contributed by atoms with Crippen LogP contribution in [0.3, 0.4) is 0 Å². The number of aromatic nitrogens is 2. The maximum absolute atomic E-state index is 13.8. The van der Waals surface area contributed by atoms with Gasteiger partial charge in [0.05, 0.1) is 24.9 Å². The number of amides is 2. The van der Waals surface area contributed by atoms with E-state index in [1.54, 1.807) is 40.4 Å². The Morgan fingerprint density at radius 2 is 1.88 bits per heavy atom. The summed E-state index contributed by atoms with van der Waals surface area (Å²) in [6, 6.07) is 4.58. The molecule has 0 spiro atoms. The number of piperazine rings is 1. The number of morpholine rings is 1. The highest BCUT2D eigenvalue weighted by Crippen LogP contribution is 2.28. The summed E-state index contributed by atoms with van der Waals surface area (Å²) < 4.78 is 35.4. The van der Waals surface area contributed by atoms with Gasteiger partial charge < -0.3 is 19.4 Å². The van der Waals surface area contributed by atoms with Crippen molar-refractivity contribution in [3.05, 3.63) is 51.2 Å². The van der Waals surface area contributed by atoms with Gasteiger partial charge in [-0.3, -0.25) is 9.59 Å². The van der Waals surface area contributed by atoms with Crippen molar-refractivity contribution in [3.63, 3.8) is 0 Å². The van der Waals surface area contributed by atoms with Gasteiger partial charge in [0.15, 0.2) is 5.01 Å². The van der Waals surface area contributed by atoms with Crippen LogP contribution >= 0.6 is 22.9 Å². The summed E-state index contributed by atoms with van der Waals surface area (Å²) in [5, 5.41) is 2.38. The van der Waals surface area contributed by atoms with Gasteiger partial charge >= 0.3 is 10.2 Å². The van der Waals surface area contributed by atoms with Crippen molar-refractivity contribution < 1.29 is 22.7 Å². The molecule has 5 heterocycles. The summed E-state index contributed by atoms with van der Waals surface area (Å²) in [6.45, 7) is 3.80. The number of carbonyl (C=O) groups excluding carboxylic acids is 2. The van der Waals surface area contributed by atoms with E-state index in [-0.39, 0.29) is 37.9 Å². The fourth-order valence-corrected chi connectivity index (χ4v) is 8.27. The molecule has 6 rings (SSSR count). The van der Waals surface area contributed by atoms with Crippen molar-refractivity contribution in [1.29, 1.82) is 0 Å². The first-order valence-electron chi connectivity index (χ1n) is 13.3. The highest BCUT2D eigenvalue weighted by molar-refractivity contribution is 7.87. The molecule has 11 nitrogen and oxygen atoms in total. The van der Waals surface area contributed by atoms with Gasteiger partial charge in [-0.15, -0.1) is 11.3 Å². The third-order valence-electron chi connectivity index (χ3n) is 7.76. The predicted molar refractivity (Wildman–Crippen MR) is 152 cm³/mol. The number of likely N-dealkylation sites (N-methyl/N-ethyl adjacent to an activating group) is 1. The lowest BCUT2D eigenvalue weighted by molar-refractivity contribution is -0.136. The molecule has 2 fully saturated rings. The Morgan fingerprint density at radius 1 is 1.10 bits per heavy atom. The first-order chi connectivity index (χ1) is 19.2. The summed E-state index contributed by atoms with van der Waals surface area (Å²) in [4.78, 5) is 38.3. The molecule has 40 heavy (non-hydrogen) atoms. The largest absolute Gasteiger partial charge is 0.378 e. The van der Waals surface area contributed by atoms with Crippen molar-refractivity contribution in [1.82, 2.24) is 28.0 Å². The molecule has 0 radical (unpaired) electrons. The van der Waals surface area contributed by atoms with Gasteiger partial charge in [-0.2, -0.15) is 12.7 Å². The summed E-state index contributed by atoms with van der Waals surface area (Å²) >= 11 is 7.50. The average Bonchev–Trinajstić information content (AvgIpc) is 3.57. The highest BCUT2D eigenvalue weighted by Gasteiger charge is 2.39. The van der Waals surface area contributed by atoms with E-state index in [9.17, 15) is 18.0 Å². The Balaban J connectivity index is 1.27. The standard InChI is InChI=1S/C26H31ClN6O5S2/c1-29-5-4-22-23(17-29)39-25(28-22)26(35)33-7-6-31(16-21(33)13-24(34)30-8-10-38-11-9-30)40(36,37)32-14-18-2-3-20(27)12-19(18)15-32/h2-3,12,14-15,21H,4-11,13,16-17H2,1H3. The van der Waals surface area contributed by atoms with Crippen molar-refractivity contribution in [2.24, 2.45) is 0 Å². The predicted octanol–water partition coefficient (Wildman–Crippen LogP) is 1.91. The number of hydrogen-bond donors (Lipinski definition) is 0. The summed E-state index contributed by atoms with van der Waals surface area (Å²) in [7, 11) is -1.91. The number of ether oxygens (including phenoxy) is 1. The summed E-state index contributed by atoms with van der Waals surface area (Å²) in [5.74, 6) is -0.369. The quantitative estimate of drug-likeness (QED) is 0.437. The molecule has 1 atom stereocenters. The fourth-order valence-electron chi connectivity index (χ4n) is 5.51. The molecule has 0 bridgehead atoms. The van der Waals surface area contributed by atoms with Crippen LogP contribution in [0.15, 0.2) is 30.6 Å². The van der Waals surface area contributed by atoms with Gasteiger partial charge in [-0.05, 0) is 19.2 Å².